The van der Waals surface area contributed by atoms with E-state index in [9.17, 15) is 4.79 Å². The maximum absolute atomic E-state index is 11.0. The number of ether oxygens (including phenoxy) is 1. The molecule has 7 nitrogen and oxygen atoms in total. The molecule has 1 aliphatic heterocycles. The first kappa shape index (κ1) is 15.3. The third-order valence-electron chi connectivity index (χ3n) is 3.74. The molecule has 0 saturated carbocycles. The van der Waals surface area contributed by atoms with Gasteiger partial charge in [-0.1, -0.05) is 0 Å². The molecule has 0 aliphatic carbocycles. The number of carbonyl (C=O) groups is 1. The van der Waals surface area contributed by atoms with E-state index in [2.05, 4.69) is 20.2 Å². The number of nitrogens with two attached hydrogens (primary N) is 1. The summed E-state index contributed by atoms with van der Waals surface area (Å²) in [5.74, 6) is 2.35. The molecule has 2 heterocycles. The Morgan fingerprint density at radius 2 is 2.19 bits per heavy atom. The highest BCUT2D eigenvalue weighted by atomic mass is 16.5. The van der Waals surface area contributed by atoms with Crippen molar-refractivity contribution < 1.29 is 9.53 Å². The zero-order chi connectivity index (χ0) is 15.2. The predicted molar refractivity (Wildman–Crippen MR) is 81.5 cm³/mol. The third kappa shape index (κ3) is 3.74. The van der Waals surface area contributed by atoms with Crippen molar-refractivity contribution in [2.45, 2.75) is 26.2 Å². The normalized spacial score (nSPS) is 15.8. The van der Waals surface area contributed by atoms with Crippen LogP contribution in [0.3, 0.4) is 0 Å². The second-order valence-electron chi connectivity index (χ2n) is 5.21. The number of methoxy groups -OCH3 is 1. The number of nitrogens with zero attached hydrogens (tertiary/aromatic N) is 3. The fourth-order valence-electron chi connectivity index (χ4n) is 2.70. The number of hydrogen-bond acceptors (Lipinski definition) is 6. The molecule has 1 aliphatic rings. The van der Waals surface area contributed by atoms with Crippen molar-refractivity contribution in [1.29, 1.82) is 0 Å². The summed E-state index contributed by atoms with van der Waals surface area (Å²) >= 11 is 0. The topological polar surface area (TPSA) is 93.4 Å². The molecule has 0 atom stereocenters. The second-order valence-corrected chi connectivity index (χ2v) is 5.21. The Labute approximate surface area is 124 Å². The van der Waals surface area contributed by atoms with Gasteiger partial charge in [0, 0.05) is 26.1 Å². The molecule has 0 radical (unpaired) electrons. The first-order chi connectivity index (χ1) is 10.2. The van der Waals surface area contributed by atoms with Crippen LogP contribution in [0.25, 0.3) is 0 Å². The molecule has 3 N–H and O–H groups in total. The van der Waals surface area contributed by atoms with Crippen molar-refractivity contribution in [2.75, 3.05) is 37.0 Å². The molecule has 1 fully saturated rings. The van der Waals surface area contributed by atoms with E-state index >= 15 is 0 Å². The average molecular weight is 293 g/mol. The van der Waals surface area contributed by atoms with E-state index in [0.717, 1.165) is 38.3 Å². The summed E-state index contributed by atoms with van der Waals surface area (Å²) in [7, 11) is 1.63. The Hall–Kier alpha value is -2.05. The van der Waals surface area contributed by atoms with Crippen LogP contribution in [-0.2, 0) is 4.79 Å². The third-order valence-corrected chi connectivity index (χ3v) is 3.74. The fourth-order valence-corrected chi connectivity index (χ4v) is 2.70. The van der Waals surface area contributed by atoms with Crippen LogP contribution in [0.5, 0.6) is 5.75 Å². The Balaban J connectivity index is 2.09. The fraction of sp³-hybridized carbons (Fsp3) is 0.643. The van der Waals surface area contributed by atoms with Crippen LogP contribution >= 0.6 is 0 Å². The van der Waals surface area contributed by atoms with E-state index in [-0.39, 0.29) is 5.91 Å². The number of hydrogen-bond donors (Lipinski definition) is 2. The van der Waals surface area contributed by atoms with Gasteiger partial charge in [-0.2, -0.15) is 0 Å². The number of aromatic nitrogens is 2. The summed E-state index contributed by atoms with van der Waals surface area (Å²) in [6, 6.07) is 0. The smallest absolute Gasteiger partial charge is 0.217 e. The van der Waals surface area contributed by atoms with Gasteiger partial charge < -0.3 is 20.7 Å². The highest BCUT2D eigenvalue weighted by Crippen LogP contribution is 2.34. The van der Waals surface area contributed by atoms with E-state index in [4.69, 9.17) is 10.5 Å². The molecule has 7 heteroatoms. The predicted octanol–water partition coefficient (Wildman–Crippen LogP) is 1.01. The maximum Gasteiger partial charge on any atom is 0.217 e. The summed E-state index contributed by atoms with van der Waals surface area (Å²) in [4.78, 5) is 21.7. The quantitative estimate of drug-likeness (QED) is 0.813. The average Bonchev–Trinajstić information content (AvgIpc) is 2.47. The van der Waals surface area contributed by atoms with E-state index in [1.807, 2.05) is 6.92 Å². The molecule has 21 heavy (non-hydrogen) atoms. The van der Waals surface area contributed by atoms with E-state index in [1.54, 1.807) is 13.4 Å². The van der Waals surface area contributed by atoms with Crippen LogP contribution < -0.4 is 20.7 Å². The van der Waals surface area contributed by atoms with Crippen molar-refractivity contribution in [3.8, 4) is 5.75 Å². The molecule has 0 bridgehead atoms. The minimum absolute atomic E-state index is 0.220. The lowest BCUT2D eigenvalue weighted by atomic mass is 9.93. The molecule has 0 unspecified atom stereocenters. The van der Waals surface area contributed by atoms with Crippen molar-refractivity contribution in [1.82, 2.24) is 9.97 Å². The summed E-state index contributed by atoms with van der Waals surface area (Å²) in [5, 5.41) is 3.18. The Morgan fingerprint density at radius 3 is 2.76 bits per heavy atom. The highest BCUT2D eigenvalue weighted by Gasteiger charge is 2.24. The minimum Gasteiger partial charge on any atom is -0.490 e. The van der Waals surface area contributed by atoms with E-state index in [0.29, 0.717) is 23.9 Å². The van der Waals surface area contributed by atoms with Gasteiger partial charge in [-0.25, -0.2) is 9.97 Å². The molecule has 1 amide bonds. The van der Waals surface area contributed by atoms with Crippen LogP contribution in [-0.4, -0.2) is 42.6 Å². The Morgan fingerprint density at radius 1 is 1.48 bits per heavy atom. The first-order valence-corrected chi connectivity index (χ1v) is 7.31. The number of nitrogens with one attached hydrogen (secondary N) is 1. The van der Waals surface area contributed by atoms with Gasteiger partial charge in [-0.15, -0.1) is 0 Å². The summed E-state index contributed by atoms with van der Waals surface area (Å²) in [6.45, 7) is 4.47. The van der Waals surface area contributed by atoms with Crippen LogP contribution in [0.2, 0.25) is 0 Å². The summed E-state index contributed by atoms with van der Waals surface area (Å²) < 4.78 is 5.47. The lowest BCUT2D eigenvalue weighted by Gasteiger charge is -2.33. The maximum atomic E-state index is 11.0. The van der Waals surface area contributed by atoms with Crippen LogP contribution in [0.15, 0.2) is 6.33 Å². The van der Waals surface area contributed by atoms with Crippen molar-refractivity contribution in [3.63, 3.8) is 0 Å². The van der Waals surface area contributed by atoms with Gasteiger partial charge in [0.25, 0.3) is 0 Å². The standard InChI is InChI=1S/C14H23N5O2/c1-3-16-13-12(21-2)14(18-9-17-13)19-6-4-10(5-7-19)8-11(15)20/h9-10H,3-8H2,1-2H3,(H2,15,20)(H,16,17,18). The largest absolute Gasteiger partial charge is 0.490 e. The van der Waals surface area contributed by atoms with Gasteiger partial charge in [-0.05, 0) is 25.7 Å². The molecule has 0 spiro atoms. The van der Waals surface area contributed by atoms with Gasteiger partial charge in [0.2, 0.25) is 11.7 Å². The Kier molecular flexibility index (Phi) is 5.19. The van der Waals surface area contributed by atoms with Crippen molar-refractivity contribution >= 4 is 17.5 Å². The molecular weight excluding hydrogens is 270 g/mol. The lowest BCUT2D eigenvalue weighted by Crippen LogP contribution is -2.36. The number of amides is 1. The van der Waals surface area contributed by atoms with Crippen LogP contribution in [0.4, 0.5) is 11.6 Å². The van der Waals surface area contributed by atoms with Gasteiger partial charge in [-0.3, -0.25) is 4.79 Å². The van der Waals surface area contributed by atoms with Gasteiger partial charge in [0.1, 0.15) is 6.33 Å². The highest BCUT2D eigenvalue weighted by molar-refractivity contribution is 5.74. The first-order valence-electron chi connectivity index (χ1n) is 7.31. The number of piperidine rings is 1. The minimum atomic E-state index is -0.220. The van der Waals surface area contributed by atoms with Gasteiger partial charge in [0.15, 0.2) is 11.6 Å². The van der Waals surface area contributed by atoms with Crippen LogP contribution in [0.1, 0.15) is 26.2 Å². The zero-order valence-corrected chi connectivity index (χ0v) is 12.6. The SMILES string of the molecule is CCNc1ncnc(N2CCC(CC(N)=O)CC2)c1OC. The molecule has 1 aromatic rings. The van der Waals surface area contributed by atoms with Crippen molar-refractivity contribution in [3.05, 3.63) is 6.33 Å². The molecule has 1 saturated heterocycles. The summed E-state index contributed by atoms with van der Waals surface area (Å²) in [6.07, 6.45) is 3.89. The molecular formula is C14H23N5O2. The number of carbonyl (C=O) groups excluding carboxylic acids is 1. The molecule has 0 aromatic carbocycles. The van der Waals surface area contributed by atoms with Gasteiger partial charge in [0.05, 0.1) is 7.11 Å². The van der Waals surface area contributed by atoms with Gasteiger partial charge >= 0.3 is 0 Å². The lowest BCUT2D eigenvalue weighted by molar-refractivity contribution is -0.119. The number of rotatable bonds is 6. The Bertz CT molecular complexity index is 486. The van der Waals surface area contributed by atoms with Crippen molar-refractivity contribution in [2.24, 2.45) is 11.7 Å². The number of primary amides is 1. The molecule has 116 valence electrons. The second kappa shape index (κ2) is 7.10. The molecule has 1 aromatic heterocycles. The van der Waals surface area contributed by atoms with E-state index in [1.165, 1.54) is 0 Å². The van der Waals surface area contributed by atoms with E-state index < -0.39 is 0 Å². The molecule has 2 rings (SSSR count). The zero-order valence-electron chi connectivity index (χ0n) is 12.6. The van der Waals surface area contributed by atoms with Crippen LogP contribution in [0, 0.1) is 5.92 Å². The summed E-state index contributed by atoms with van der Waals surface area (Å²) in [5.41, 5.74) is 5.27. The number of anilines is 2. The monoisotopic (exact) mass is 293 g/mol.